The Bertz CT molecular complexity index is 340. The molecule has 0 aromatic rings. The first-order valence-electron chi connectivity index (χ1n) is 3.57. The van der Waals surface area contributed by atoms with E-state index in [4.69, 9.17) is 11.6 Å². The molecule has 1 aliphatic rings. The Morgan fingerprint density at radius 2 is 2.08 bits per heavy atom. The molecule has 5 heteroatoms. The van der Waals surface area contributed by atoms with Gasteiger partial charge in [-0.3, -0.25) is 4.79 Å². The fraction of sp³-hybridized carbons (Fsp3) is 0.571. The Balaban J connectivity index is 2.94. The Kier molecular flexibility index (Phi) is 2.58. The van der Waals surface area contributed by atoms with Crippen LogP contribution in [-0.2, 0) is 14.6 Å². The third-order valence-corrected chi connectivity index (χ3v) is 3.67. The summed E-state index contributed by atoms with van der Waals surface area (Å²) in [5, 5.41) is 0.196. The molecule has 0 unspecified atom stereocenters. The van der Waals surface area contributed by atoms with Crippen LogP contribution in [0.3, 0.4) is 0 Å². The molecule has 0 spiro atoms. The standard InChI is InChI=1S/C7H9ClO3S/c1-2-7(9)5-3-12(10,11)4-6(5)8/h2-4H2,1H3. The normalized spacial score (nSPS) is 21.5. The smallest absolute Gasteiger partial charge is 0.160 e. The van der Waals surface area contributed by atoms with Crippen LogP contribution in [0, 0.1) is 0 Å². The molecule has 1 heterocycles. The number of carbonyl (C=O) groups excluding carboxylic acids is 1. The van der Waals surface area contributed by atoms with Crippen molar-refractivity contribution in [3.05, 3.63) is 10.6 Å². The molecule has 3 nitrogen and oxygen atoms in total. The second kappa shape index (κ2) is 3.18. The van der Waals surface area contributed by atoms with Crippen LogP contribution in [-0.4, -0.2) is 25.7 Å². The molecule has 0 bridgehead atoms. The van der Waals surface area contributed by atoms with Crippen molar-refractivity contribution < 1.29 is 13.2 Å². The van der Waals surface area contributed by atoms with Gasteiger partial charge in [0.2, 0.25) is 0 Å². The highest BCUT2D eigenvalue weighted by Crippen LogP contribution is 2.23. The lowest BCUT2D eigenvalue weighted by atomic mass is 10.1. The third-order valence-electron chi connectivity index (χ3n) is 1.70. The largest absolute Gasteiger partial charge is 0.294 e. The molecule has 0 fully saturated rings. The summed E-state index contributed by atoms with van der Waals surface area (Å²) in [5.74, 6) is -0.519. The van der Waals surface area contributed by atoms with Gasteiger partial charge in [0, 0.05) is 17.0 Å². The minimum absolute atomic E-state index is 0.166. The Labute approximate surface area is 76.3 Å². The number of hydrogen-bond donors (Lipinski definition) is 0. The first kappa shape index (κ1) is 9.74. The van der Waals surface area contributed by atoms with Gasteiger partial charge in [0.15, 0.2) is 15.6 Å². The molecular formula is C7H9ClO3S. The van der Waals surface area contributed by atoms with Crippen molar-refractivity contribution in [3.8, 4) is 0 Å². The maximum atomic E-state index is 11.1. The van der Waals surface area contributed by atoms with E-state index < -0.39 is 9.84 Å². The van der Waals surface area contributed by atoms with Crippen LogP contribution in [0.1, 0.15) is 13.3 Å². The van der Waals surface area contributed by atoms with Crippen molar-refractivity contribution in [3.63, 3.8) is 0 Å². The minimum Gasteiger partial charge on any atom is -0.294 e. The van der Waals surface area contributed by atoms with Gasteiger partial charge in [-0.15, -0.1) is 0 Å². The van der Waals surface area contributed by atoms with Crippen molar-refractivity contribution >= 4 is 27.2 Å². The number of rotatable bonds is 2. The number of Topliss-reactive ketones (excluding diaryl/α,β-unsaturated/α-hetero) is 1. The van der Waals surface area contributed by atoms with Crippen LogP contribution in [0.5, 0.6) is 0 Å². The lowest BCUT2D eigenvalue weighted by Gasteiger charge is -1.95. The molecule has 0 aromatic heterocycles. The van der Waals surface area contributed by atoms with Crippen LogP contribution >= 0.6 is 11.6 Å². The van der Waals surface area contributed by atoms with Gasteiger partial charge in [0.1, 0.15) is 0 Å². The number of hydrogen-bond acceptors (Lipinski definition) is 3. The van der Waals surface area contributed by atoms with Gasteiger partial charge in [0.05, 0.1) is 11.5 Å². The molecule has 0 atom stereocenters. The predicted octanol–water partition coefficient (Wildman–Crippen LogP) is 0.887. The summed E-state index contributed by atoms with van der Waals surface area (Å²) < 4.78 is 22.0. The highest BCUT2D eigenvalue weighted by atomic mass is 35.5. The summed E-state index contributed by atoms with van der Waals surface area (Å²) in [6, 6.07) is 0. The van der Waals surface area contributed by atoms with Crippen LogP contribution < -0.4 is 0 Å². The quantitative estimate of drug-likeness (QED) is 0.677. The van der Waals surface area contributed by atoms with Crippen molar-refractivity contribution in [2.24, 2.45) is 0 Å². The SMILES string of the molecule is CCC(=O)C1=C(Cl)CS(=O)(=O)C1. The molecule has 1 rings (SSSR count). The highest BCUT2D eigenvalue weighted by molar-refractivity contribution is 7.92. The average Bonchev–Trinajstić information content (AvgIpc) is 2.23. The number of halogens is 1. The van der Waals surface area contributed by atoms with Gasteiger partial charge in [-0.1, -0.05) is 18.5 Å². The number of ketones is 1. The lowest BCUT2D eigenvalue weighted by Crippen LogP contribution is -2.07. The highest BCUT2D eigenvalue weighted by Gasteiger charge is 2.29. The van der Waals surface area contributed by atoms with E-state index in [0.717, 1.165) is 0 Å². The van der Waals surface area contributed by atoms with Gasteiger partial charge in [0.25, 0.3) is 0 Å². The fourth-order valence-corrected chi connectivity index (χ4v) is 3.26. The van der Waals surface area contributed by atoms with Crippen molar-refractivity contribution in [1.29, 1.82) is 0 Å². The summed E-state index contributed by atoms with van der Waals surface area (Å²) in [6.07, 6.45) is 0.307. The molecule has 0 saturated carbocycles. The van der Waals surface area contributed by atoms with Crippen molar-refractivity contribution in [2.75, 3.05) is 11.5 Å². The Morgan fingerprint density at radius 3 is 2.42 bits per heavy atom. The summed E-state index contributed by atoms with van der Waals surface area (Å²) in [5.41, 5.74) is 0.277. The van der Waals surface area contributed by atoms with Gasteiger partial charge in [-0.05, 0) is 0 Å². The zero-order valence-corrected chi connectivity index (χ0v) is 8.20. The molecule has 0 amide bonds. The van der Waals surface area contributed by atoms with Gasteiger partial charge >= 0.3 is 0 Å². The third kappa shape index (κ3) is 1.87. The summed E-state index contributed by atoms with van der Waals surface area (Å²) in [7, 11) is -3.13. The maximum absolute atomic E-state index is 11.1. The minimum atomic E-state index is -3.13. The van der Waals surface area contributed by atoms with E-state index in [1.807, 2.05) is 0 Å². The summed E-state index contributed by atoms with van der Waals surface area (Å²) in [4.78, 5) is 11.1. The van der Waals surface area contributed by atoms with Crippen LogP contribution in [0.4, 0.5) is 0 Å². The van der Waals surface area contributed by atoms with Gasteiger partial charge < -0.3 is 0 Å². The second-order valence-electron chi connectivity index (χ2n) is 2.69. The van der Waals surface area contributed by atoms with Crippen molar-refractivity contribution in [1.82, 2.24) is 0 Å². The van der Waals surface area contributed by atoms with Gasteiger partial charge in [-0.25, -0.2) is 8.42 Å². The molecule has 12 heavy (non-hydrogen) atoms. The Morgan fingerprint density at radius 1 is 1.50 bits per heavy atom. The van der Waals surface area contributed by atoms with E-state index >= 15 is 0 Å². The Hall–Kier alpha value is -0.350. The molecule has 0 N–H and O–H groups in total. The molecule has 0 aromatic carbocycles. The average molecular weight is 209 g/mol. The number of carbonyl (C=O) groups is 1. The molecule has 0 aliphatic carbocycles. The lowest BCUT2D eigenvalue weighted by molar-refractivity contribution is -0.115. The van der Waals surface area contributed by atoms with E-state index in [1.54, 1.807) is 6.92 Å². The molecule has 1 aliphatic heterocycles. The predicted molar refractivity (Wildman–Crippen MR) is 46.8 cm³/mol. The van der Waals surface area contributed by atoms with E-state index in [0.29, 0.717) is 6.42 Å². The van der Waals surface area contributed by atoms with Crippen LogP contribution in [0.2, 0.25) is 0 Å². The van der Waals surface area contributed by atoms with E-state index in [9.17, 15) is 13.2 Å². The van der Waals surface area contributed by atoms with E-state index in [-0.39, 0.29) is 27.9 Å². The maximum Gasteiger partial charge on any atom is 0.160 e. The first-order chi connectivity index (χ1) is 5.46. The van der Waals surface area contributed by atoms with E-state index in [2.05, 4.69) is 0 Å². The fourth-order valence-electron chi connectivity index (χ4n) is 1.07. The summed E-state index contributed by atoms with van der Waals surface area (Å²) >= 11 is 5.62. The van der Waals surface area contributed by atoms with E-state index in [1.165, 1.54) is 0 Å². The zero-order chi connectivity index (χ0) is 9.35. The monoisotopic (exact) mass is 208 g/mol. The molecule has 68 valence electrons. The van der Waals surface area contributed by atoms with Gasteiger partial charge in [-0.2, -0.15) is 0 Å². The molecule has 0 saturated heterocycles. The second-order valence-corrected chi connectivity index (χ2v) is 5.21. The molecular weight excluding hydrogens is 200 g/mol. The molecule has 0 radical (unpaired) electrons. The topological polar surface area (TPSA) is 51.2 Å². The first-order valence-corrected chi connectivity index (χ1v) is 5.77. The van der Waals surface area contributed by atoms with Crippen LogP contribution in [0.25, 0.3) is 0 Å². The summed E-state index contributed by atoms with van der Waals surface area (Å²) in [6.45, 7) is 1.68. The number of sulfone groups is 1. The van der Waals surface area contributed by atoms with Crippen LogP contribution in [0.15, 0.2) is 10.6 Å². The zero-order valence-electron chi connectivity index (χ0n) is 6.63. The van der Waals surface area contributed by atoms with Crippen molar-refractivity contribution in [2.45, 2.75) is 13.3 Å².